The second kappa shape index (κ2) is 8.67. The Balaban J connectivity index is 1.63. The molecule has 35 heavy (non-hydrogen) atoms. The molecule has 7 nitrogen and oxygen atoms in total. The van der Waals surface area contributed by atoms with Gasteiger partial charge < -0.3 is 10.5 Å². The minimum Gasteiger partial charge on any atom is -0.481 e. The van der Waals surface area contributed by atoms with Crippen molar-refractivity contribution in [2.45, 2.75) is 6.42 Å². The zero-order chi connectivity index (χ0) is 24.7. The Hall–Kier alpha value is -4.54. The second-order valence-corrected chi connectivity index (χ2v) is 7.53. The number of imidazole rings is 1. The van der Waals surface area contributed by atoms with Gasteiger partial charge in [-0.15, -0.1) is 0 Å². The molecule has 0 aliphatic heterocycles. The molecule has 0 saturated carbocycles. The van der Waals surface area contributed by atoms with Gasteiger partial charge in [-0.2, -0.15) is 0 Å². The molecule has 4 aromatic heterocycles. The van der Waals surface area contributed by atoms with Crippen LogP contribution in [0.1, 0.15) is 11.4 Å². The Morgan fingerprint density at radius 1 is 0.943 bits per heavy atom. The first-order valence-corrected chi connectivity index (χ1v) is 10.3. The van der Waals surface area contributed by atoms with E-state index in [2.05, 4.69) is 19.9 Å². The van der Waals surface area contributed by atoms with Gasteiger partial charge in [-0.1, -0.05) is 0 Å². The summed E-state index contributed by atoms with van der Waals surface area (Å²) in [6, 6.07) is 7.59. The zero-order valence-electron chi connectivity index (χ0n) is 18.1. The molecule has 176 valence electrons. The molecule has 0 atom stereocenters. The van der Waals surface area contributed by atoms with Crippen LogP contribution >= 0.6 is 0 Å². The van der Waals surface area contributed by atoms with E-state index in [1.165, 1.54) is 29.8 Å². The number of halogens is 4. The number of ether oxygens (including phenoxy) is 1. The van der Waals surface area contributed by atoms with Gasteiger partial charge >= 0.3 is 0 Å². The Bertz CT molecular complexity index is 1590. The molecule has 0 bridgehead atoms. The number of fused-ring (bicyclic) bond motifs is 1. The average Bonchev–Trinajstić information content (AvgIpc) is 3.21. The number of pyridine rings is 2. The topological polar surface area (TPSA) is 91.2 Å². The van der Waals surface area contributed by atoms with Crippen LogP contribution in [-0.4, -0.2) is 31.4 Å². The van der Waals surface area contributed by atoms with Gasteiger partial charge in [0.05, 0.1) is 12.6 Å². The average molecular weight is 480 g/mol. The van der Waals surface area contributed by atoms with Gasteiger partial charge in [0.2, 0.25) is 5.88 Å². The predicted octanol–water partition coefficient (Wildman–Crippen LogP) is 4.59. The minimum atomic E-state index is -1.34. The molecule has 5 aromatic rings. The highest BCUT2D eigenvalue weighted by Crippen LogP contribution is 2.33. The van der Waals surface area contributed by atoms with Crippen LogP contribution < -0.4 is 10.5 Å². The monoisotopic (exact) mass is 480 g/mol. The number of nitrogen functional groups attached to an aromatic ring is 1. The Morgan fingerprint density at radius 3 is 2.51 bits per heavy atom. The summed E-state index contributed by atoms with van der Waals surface area (Å²) in [5.74, 6) is -3.51. The highest BCUT2D eigenvalue weighted by molar-refractivity contribution is 5.80. The Morgan fingerprint density at radius 2 is 1.74 bits per heavy atom. The number of aromatic nitrogens is 5. The lowest BCUT2D eigenvalue weighted by molar-refractivity contribution is 0.399. The van der Waals surface area contributed by atoms with E-state index in [9.17, 15) is 17.6 Å². The number of nitrogens with zero attached hydrogens (tertiary/aromatic N) is 5. The van der Waals surface area contributed by atoms with Crippen molar-refractivity contribution < 1.29 is 22.3 Å². The molecule has 0 unspecified atom stereocenters. The number of anilines is 1. The van der Waals surface area contributed by atoms with Crippen LogP contribution in [-0.2, 0) is 6.42 Å². The van der Waals surface area contributed by atoms with Crippen molar-refractivity contribution >= 4 is 11.3 Å². The fourth-order valence-corrected chi connectivity index (χ4v) is 3.78. The highest BCUT2D eigenvalue weighted by atomic mass is 19.2. The predicted molar refractivity (Wildman–Crippen MR) is 119 cm³/mol. The van der Waals surface area contributed by atoms with Crippen molar-refractivity contribution in [2.24, 2.45) is 0 Å². The van der Waals surface area contributed by atoms with Gasteiger partial charge in [-0.3, -0.25) is 4.40 Å². The van der Waals surface area contributed by atoms with E-state index in [0.717, 1.165) is 12.3 Å². The van der Waals surface area contributed by atoms with E-state index in [4.69, 9.17) is 10.5 Å². The summed E-state index contributed by atoms with van der Waals surface area (Å²) < 4.78 is 62.9. The Labute approximate surface area is 195 Å². The van der Waals surface area contributed by atoms with Crippen molar-refractivity contribution in [2.75, 3.05) is 12.8 Å². The van der Waals surface area contributed by atoms with Crippen molar-refractivity contribution in [3.05, 3.63) is 89.6 Å². The smallest absolute Gasteiger partial charge is 0.221 e. The fourth-order valence-electron chi connectivity index (χ4n) is 3.78. The van der Waals surface area contributed by atoms with E-state index < -0.39 is 35.3 Å². The van der Waals surface area contributed by atoms with Crippen molar-refractivity contribution in [1.29, 1.82) is 0 Å². The summed E-state index contributed by atoms with van der Waals surface area (Å²) in [7, 11) is 1.47. The van der Waals surface area contributed by atoms with Gasteiger partial charge in [0, 0.05) is 41.7 Å². The summed E-state index contributed by atoms with van der Waals surface area (Å²) in [5, 5.41) is 0. The number of nitrogens with two attached hydrogens (primary N) is 1. The first kappa shape index (κ1) is 22.3. The quantitative estimate of drug-likeness (QED) is 0.292. The van der Waals surface area contributed by atoms with Crippen LogP contribution in [0.5, 0.6) is 5.88 Å². The third kappa shape index (κ3) is 3.90. The van der Waals surface area contributed by atoms with E-state index in [1.54, 1.807) is 18.3 Å². The van der Waals surface area contributed by atoms with Crippen LogP contribution in [0.4, 0.5) is 23.4 Å². The summed E-state index contributed by atoms with van der Waals surface area (Å²) in [6.45, 7) is 0. The lowest BCUT2D eigenvalue weighted by Gasteiger charge is -2.09. The van der Waals surface area contributed by atoms with Crippen molar-refractivity contribution in [1.82, 2.24) is 24.3 Å². The van der Waals surface area contributed by atoms with Crippen LogP contribution in [0, 0.1) is 23.3 Å². The molecule has 0 saturated heterocycles. The molecule has 0 fully saturated rings. The maximum atomic E-state index is 14.3. The SMILES string of the molecule is COc1ncccc1-c1cnc(-c2nc(Cc3c(F)ccc(F)c3F)n3cc(F)ccc23)nc1N. The molecular weight excluding hydrogens is 464 g/mol. The third-order valence-corrected chi connectivity index (χ3v) is 5.43. The van der Waals surface area contributed by atoms with Gasteiger partial charge in [0.1, 0.15) is 29.0 Å². The molecule has 0 spiro atoms. The molecule has 0 aliphatic carbocycles. The van der Waals surface area contributed by atoms with E-state index in [0.29, 0.717) is 28.6 Å². The second-order valence-electron chi connectivity index (χ2n) is 7.53. The first-order valence-electron chi connectivity index (χ1n) is 10.3. The zero-order valence-corrected chi connectivity index (χ0v) is 18.1. The molecule has 5 rings (SSSR count). The number of methoxy groups -OCH3 is 1. The lowest BCUT2D eigenvalue weighted by Crippen LogP contribution is -2.04. The van der Waals surface area contributed by atoms with Crippen LogP contribution in [0.2, 0.25) is 0 Å². The highest BCUT2D eigenvalue weighted by Gasteiger charge is 2.21. The van der Waals surface area contributed by atoms with E-state index >= 15 is 0 Å². The molecule has 0 aliphatic rings. The number of rotatable bonds is 5. The summed E-state index contributed by atoms with van der Waals surface area (Å²) in [4.78, 5) is 17.2. The fraction of sp³-hybridized carbons (Fsp3) is 0.0833. The Kier molecular flexibility index (Phi) is 5.51. The lowest BCUT2D eigenvalue weighted by atomic mass is 10.1. The summed E-state index contributed by atoms with van der Waals surface area (Å²) in [6.07, 6.45) is 3.70. The van der Waals surface area contributed by atoms with Gasteiger partial charge in [0.15, 0.2) is 17.5 Å². The maximum absolute atomic E-state index is 14.3. The summed E-state index contributed by atoms with van der Waals surface area (Å²) >= 11 is 0. The molecule has 4 heterocycles. The largest absolute Gasteiger partial charge is 0.481 e. The van der Waals surface area contributed by atoms with Gasteiger partial charge in [-0.25, -0.2) is 37.5 Å². The third-order valence-electron chi connectivity index (χ3n) is 5.43. The molecule has 11 heteroatoms. The van der Waals surface area contributed by atoms with E-state index in [1.807, 2.05) is 0 Å². The van der Waals surface area contributed by atoms with Crippen molar-refractivity contribution in [3.8, 4) is 28.5 Å². The van der Waals surface area contributed by atoms with Crippen LogP contribution in [0.3, 0.4) is 0 Å². The number of benzene rings is 1. The minimum absolute atomic E-state index is 0.0538. The molecular formula is C24H16F4N6O. The number of hydrogen-bond acceptors (Lipinski definition) is 6. The molecule has 1 aromatic carbocycles. The first-order chi connectivity index (χ1) is 16.9. The van der Waals surface area contributed by atoms with E-state index in [-0.39, 0.29) is 23.2 Å². The standard InChI is InChI=1S/C24H16F4N6O/c1-35-24-13(3-2-8-30-24)15-10-31-23(33-22(15)29)21-18-7-4-12(25)11-34(18)19(32-21)9-14-16(26)5-6-17(27)20(14)28/h2-8,10-11H,9H2,1H3,(H2,29,31,33). The summed E-state index contributed by atoms with van der Waals surface area (Å²) in [5.41, 5.74) is 7.28. The normalized spacial score (nSPS) is 11.2. The van der Waals surface area contributed by atoms with Crippen LogP contribution in [0.15, 0.2) is 55.0 Å². The van der Waals surface area contributed by atoms with Crippen molar-refractivity contribution in [3.63, 3.8) is 0 Å². The molecule has 2 N–H and O–H groups in total. The van der Waals surface area contributed by atoms with Gasteiger partial charge in [0.25, 0.3) is 0 Å². The van der Waals surface area contributed by atoms with Gasteiger partial charge in [-0.05, 0) is 36.4 Å². The van der Waals surface area contributed by atoms with Crippen LogP contribution in [0.25, 0.3) is 28.2 Å². The molecule has 0 radical (unpaired) electrons. The maximum Gasteiger partial charge on any atom is 0.221 e. The number of hydrogen-bond donors (Lipinski definition) is 1. The molecule has 0 amide bonds.